The molecule has 2 aromatic rings. The third-order valence-electron chi connectivity index (χ3n) is 6.08. The molecule has 2 aromatic carbocycles. The molecule has 0 saturated heterocycles. The predicted molar refractivity (Wildman–Crippen MR) is 143 cm³/mol. The molecule has 6 heteroatoms. The molecule has 0 saturated carbocycles. The number of nitrogens with zero attached hydrogens (tertiary/aromatic N) is 2. The van der Waals surface area contributed by atoms with E-state index in [4.69, 9.17) is 0 Å². The van der Waals surface area contributed by atoms with Crippen molar-refractivity contribution in [3.63, 3.8) is 0 Å². The van der Waals surface area contributed by atoms with Crippen molar-refractivity contribution in [3.05, 3.63) is 58.7 Å². The first-order valence-corrected chi connectivity index (χ1v) is 12.3. The fraction of sp³-hybridized carbons (Fsp3) is 0.500. The summed E-state index contributed by atoms with van der Waals surface area (Å²) in [5, 5.41) is 6.14. The molecule has 6 nitrogen and oxygen atoms in total. The topological polar surface area (TPSA) is 64.7 Å². The molecule has 2 amide bonds. The van der Waals surface area contributed by atoms with E-state index in [1.54, 1.807) is 0 Å². The summed E-state index contributed by atoms with van der Waals surface area (Å²) in [7, 11) is 1.98. The Balaban J connectivity index is 1.74. The van der Waals surface area contributed by atoms with Gasteiger partial charge in [0.05, 0.1) is 13.1 Å². The van der Waals surface area contributed by atoms with Gasteiger partial charge >= 0.3 is 0 Å². The van der Waals surface area contributed by atoms with Gasteiger partial charge in [0.25, 0.3) is 0 Å². The van der Waals surface area contributed by atoms with Crippen LogP contribution in [0.4, 0.5) is 11.4 Å². The number of carbonyl (C=O) groups excluding carboxylic acids is 2. The molecule has 0 bridgehead atoms. The van der Waals surface area contributed by atoms with E-state index in [-0.39, 0.29) is 11.8 Å². The van der Waals surface area contributed by atoms with Crippen LogP contribution in [0.3, 0.4) is 0 Å². The molecule has 2 N–H and O–H groups in total. The lowest BCUT2D eigenvalue weighted by atomic mass is 10.1. The van der Waals surface area contributed by atoms with E-state index in [1.807, 2.05) is 71.1 Å². The number of para-hydroxylation sites is 2. The second-order valence-electron chi connectivity index (χ2n) is 9.35. The standard InChI is InChI=1S/C28H42N4O2/c1-7-16-32(20-26(34)30-28-23(4)14-11-15-24(28)5)18-9-8-17-31(6)19-25(33)29-27-21(2)12-10-13-22(27)3/h10-15H,7-9,16-20H2,1-6H3,(H,29,33)(H,30,34). The van der Waals surface area contributed by atoms with Crippen molar-refractivity contribution >= 4 is 23.2 Å². The van der Waals surface area contributed by atoms with Gasteiger partial charge in [-0.25, -0.2) is 0 Å². The zero-order valence-electron chi connectivity index (χ0n) is 21.8. The highest BCUT2D eigenvalue weighted by Gasteiger charge is 2.13. The summed E-state index contributed by atoms with van der Waals surface area (Å²) in [6.07, 6.45) is 2.97. The Labute approximate surface area is 205 Å². The predicted octanol–water partition coefficient (Wildman–Crippen LogP) is 4.92. The monoisotopic (exact) mass is 466 g/mol. The Kier molecular flexibility index (Phi) is 11.2. The zero-order valence-corrected chi connectivity index (χ0v) is 21.8. The minimum Gasteiger partial charge on any atom is -0.324 e. The molecule has 0 aromatic heterocycles. The number of amides is 2. The Morgan fingerprint density at radius 2 is 1.15 bits per heavy atom. The molecule has 0 aliphatic heterocycles. The summed E-state index contributed by atoms with van der Waals surface area (Å²) in [6.45, 7) is 13.6. The fourth-order valence-corrected chi connectivity index (χ4v) is 4.21. The highest BCUT2D eigenvalue weighted by Crippen LogP contribution is 2.20. The van der Waals surface area contributed by atoms with Crippen LogP contribution in [0.1, 0.15) is 48.4 Å². The van der Waals surface area contributed by atoms with Gasteiger partial charge in [-0.05, 0) is 95.9 Å². The van der Waals surface area contributed by atoms with Gasteiger partial charge in [-0.3, -0.25) is 19.4 Å². The number of anilines is 2. The molecule has 0 unspecified atom stereocenters. The van der Waals surface area contributed by atoms with E-state index in [9.17, 15) is 9.59 Å². The van der Waals surface area contributed by atoms with Crippen LogP contribution in [0.2, 0.25) is 0 Å². The molecular formula is C28H42N4O2. The first kappa shape index (κ1) is 27.5. The van der Waals surface area contributed by atoms with Crippen LogP contribution < -0.4 is 10.6 Å². The summed E-state index contributed by atoms with van der Waals surface area (Å²) in [5.41, 5.74) is 6.15. The number of aryl methyl sites for hydroxylation is 4. The van der Waals surface area contributed by atoms with E-state index in [0.29, 0.717) is 13.1 Å². The van der Waals surface area contributed by atoms with Gasteiger partial charge in [0.1, 0.15) is 0 Å². The van der Waals surface area contributed by atoms with E-state index in [2.05, 4.69) is 27.4 Å². The SMILES string of the molecule is CCCN(CCCCN(C)CC(=O)Nc1c(C)cccc1C)CC(=O)Nc1c(C)cccc1C. The average Bonchev–Trinajstić information content (AvgIpc) is 2.76. The minimum absolute atomic E-state index is 0.00989. The zero-order chi connectivity index (χ0) is 25.1. The second-order valence-corrected chi connectivity index (χ2v) is 9.35. The van der Waals surface area contributed by atoms with Gasteiger partial charge in [-0.15, -0.1) is 0 Å². The van der Waals surface area contributed by atoms with Crippen LogP contribution in [0.15, 0.2) is 36.4 Å². The highest BCUT2D eigenvalue weighted by molar-refractivity contribution is 5.94. The van der Waals surface area contributed by atoms with E-state index in [1.165, 1.54) is 0 Å². The molecule has 0 aliphatic rings. The minimum atomic E-state index is 0.00989. The normalized spacial score (nSPS) is 11.2. The molecule has 0 fully saturated rings. The van der Waals surface area contributed by atoms with Crippen molar-refractivity contribution in [1.29, 1.82) is 0 Å². The second kappa shape index (κ2) is 13.9. The van der Waals surface area contributed by atoms with Crippen LogP contribution in [-0.2, 0) is 9.59 Å². The number of carbonyl (C=O) groups is 2. The van der Waals surface area contributed by atoms with Crippen molar-refractivity contribution in [3.8, 4) is 0 Å². The van der Waals surface area contributed by atoms with Crippen molar-refractivity contribution in [1.82, 2.24) is 9.80 Å². The number of benzene rings is 2. The van der Waals surface area contributed by atoms with Crippen molar-refractivity contribution in [2.24, 2.45) is 0 Å². The van der Waals surface area contributed by atoms with Crippen LogP contribution in [0.5, 0.6) is 0 Å². The lowest BCUT2D eigenvalue weighted by Gasteiger charge is -2.22. The fourth-order valence-electron chi connectivity index (χ4n) is 4.21. The van der Waals surface area contributed by atoms with E-state index in [0.717, 1.165) is 72.5 Å². The molecule has 0 radical (unpaired) electrons. The van der Waals surface area contributed by atoms with Gasteiger partial charge in [-0.1, -0.05) is 43.3 Å². The average molecular weight is 467 g/mol. The maximum absolute atomic E-state index is 12.7. The lowest BCUT2D eigenvalue weighted by Crippen LogP contribution is -2.35. The number of nitrogens with one attached hydrogen (secondary N) is 2. The number of rotatable bonds is 13. The Bertz CT molecular complexity index is 917. The van der Waals surface area contributed by atoms with Crippen LogP contribution in [0.25, 0.3) is 0 Å². The number of hydrogen-bond acceptors (Lipinski definition) is 4. The van der Waals surface area contributed by atoms with Gasteiger partial charge in [0, 0.05) is 11.4 Å². The molecule has 186 valence electrons. The summed E-state index contributed by atoms with van der Waals surface area (Å²) >= 11 is 0. The van der Waals surface area contributed by atoms with Crippen LogP contribution >= 0.6 is 0 Å². The Hall–Kier alpha value is -2.70. The molecule has 2 rings (SSSR count). The van der Waals surface area contributed by atoms with Gasteiger partial charge < -0.3 is 10.6 Å². The number of hydrogen-bond donors (Lipinski definition) is 2. The first-order valence-electron chi connectivity index (χ1n) is 12.3. The number of likely N-dealkylation sites (N-methyl/N-ethyl adjacent to an activating group) is 1. The third kappa shape index (κ3) is 8.92. The third-order valence-corrected chi connectivity index (χ3v) is 6.08. The maximum Gasteiger partial charge on any atom is 0.238 e. The van der Waals surface area contributed by atoms with Crippen molar-refractivity contribution in [2.75, 3.05) is 50.4 Å². The van der Waals surface area contributed by atoms with Crippen molar-refractivity contribution < 1.29 is 9.59 Å². The largest absolute Gasteiger partial charge is 0.324 e. The summed E-state index contributed by atoms with van der Waals surface area (Å²) < 4.78 is 0. The molecule has 0 spiro atoms. The van der Waals surface area contributed by atoms with Crippen LogP contribution in [0, 0.1) is 27.7 Å². The lowest BCUT2D eigenvalue weighted by molar-refractivity contribution is -0.118. The summed E-state index contributed by atoms with van der Waals surface area (Å²) in [6, 6.07) is 12.1. The Morgan fingerprint density at radius 1 is 0.706 bits per heavy atom. The number of unbranched alkanes of at least 4 members (excludes halogenated alkanes) is 1. The molecule has 0 heterocycles. The highest BCUT2D eigenvalue weighted by atomic mass is 16.2. The smallest absolute Gasteiger partial charge is 0.238 e. The quantitative estimate of drug-likeness (QED) is 0.411. The Morgan fingerprint density at radius 3 is 1.62 bits per heavy atom. The molecule has 0 aliphatic carbocycles. The van der Waals surface area contributed by atoms with Gasteiger partial charge in [0.2, 0.25) is 11.8 Å². The van der Waals surface area contributed by atoms with Crippen molar-refractivity contribution in [2.45, 2.75) is 53.9 Å². The summed E-state index contributed by atoms with van der Waals surface area (Å²) in [4.78, 5) is 29.4. The molecular weight excluding hydrogens is 424 g/mol. The van der Waals surface area contributed by atoms with Crippen LogP contribution in [-0.4, -0.2) is 61.4 Å². The van der Waals surface area contributed by atoms with Gasteiger partial charge in [-0.2, -0.15) is 0 Å². The van der Waals surface area contributed by atoms with E-state index < -0.39 is 0 Å². The van der Waals surface area contributed by atoms with Gasteiger partial charge in [0.15, 0.2) is 0 Å². The molecule has 0 atom stereocenters. The molecule has 34 heavy (non-hydrogen) atoms. The maximum atomic E-state index is 12.7. The van der Waals surface area contributed by atoms with E-state index >= 15 is 0 Å². The summed E-state index contributed by atoms with van der Waals surface area (Å²) in [5.74, 6) is 0.0433. The first-order chi connectivity index (χ1) is 16.2.